The van der Waals surface area contributed by atoms with Gasteiger partial charge in [0.25, 0.3) is 0 Å². The van der Waals surface area contributed by atoms with Gasteiger partial charge >= 0.3 is 0 Å². The number of hydrogen-bond donors (Lipinski definition) is 1. The van der Waals surface area contributed by atoms with Gasteiger partial charge in [-0.25, -0.2) is 0 Å². The summed E-state index contributed by atoms with van der Waals surface area (Å²) in [6.45, 7) is 5.25. The van der Waals surface area contributed by atoms with Gasteiger partial charge in [-0.2, -0.15) is 0 Å². The molecular formula is C15H23NO2. The summed E-state index contributed by atoms with van der Waals surface area (Å²) in [7, 11) is 1.69. The normalized spacial score (nSPS) is 25.1. The Morgan fingerprint density at radius 1 is 1.33 bits per heavy atom. The number of ether oxygens (including phenoxy) is 2. The zero-order valence-electron chi connectivity index (χ0n) is 11.5. The SMILES string of the molecule is COc1ccc([C@H](C)NCC2CCC(C)O2)cc1. The number of benzene rings is 1. The highest BCUT2D eigenvalue weighted by Crippen LogP contribution is 2.20. The van der Waals surface area contributed by atoms with Crippen LogP contribution in [0, 0.1) is 0 Å². The van der Waals surface area contributed by atoms with E-state index in [9.17, 15) is 0 Å². The first-order valence-corrected chi connectivity index (χ1v) is 6.72. The van der Waals surface area contributed by atoms with E-state index in [0.717, 1.165) is 12.3 Å². The molecule has 1 aliphatic heterocycles. The van der Waals surface area contributed by atoms with E-state index >= 15 is 0 Å². The van der Waals surface area contributed by atoms with E-state index in [1.54, 1.807) is 7.11 Å². The quantitative estimate of drug-likeness (QED) is 0.870. The van der Waals surface area contributed by atoms with Crippen LogP contribution >= 0.6 is 0 Å². The van der Waals surface area contributed by atoms with Gasteiger partial charge in [0.15, 0.2) is 0 Å². The summed E-state index contributed by atoms with van der Waals surface area (Å²) in [5.41, 5.74) is 1.28. The Morgan fingerprint density at radius 3 is 2.61 bits per heavy atom. The highest BCUT2D eigenvalue weighted by Gasteiger charge is 2.21. The van der Waals surface area contributed by atoms with Crippen LogP contribution in [0.15, 0.2) is 24.3 Å². The molecule has 1 heterocycles. The molecule has 1 aliphatic rings. The Morgan fingerprint density at radius 2 is 2.06 bits per heavy atom. The monoisotopic (exact) mass is 249 g/mol. The molecule has 3 nitrogen and oxygen atoms in total. The van der Waals surface area contributed by atoms with Crippen LogP contribution in [0.25, 0.3) is 0 Å². The standard InChI is InChI=1S/C15H23NO2/c1-11-4-7-15(18-11)10-16-12(2)13-5-8-14(17-3)9-6-13/h5-6,8-9,11-12,15-16H,4,7,10H2,1-3H3/t11?,12-,15?/m0/s1. The van der Waals surface area contributed by atoms with Gasteiger partial charge in [-0.05, 0) is 44.4 Å². The fraction of sp³-hybridized carbons (Fsp3) is 0.600. The van der Waals surface area contributed by atoms with E-state index in [2.05, 4.69) is 31.3 Å². The molecule has 0 aromatic heterocycles. The van der Waals surface area contributed by atoms with Crippen molar-refractivity contribution in [3.05, 3.63) is 29.8 Å². The van der Waals surface area contributed by atoms with Gasteiger partial charge in [0.2, 0.25) is 0 Å². The predicted molar refractivity (Wildman–Crippen MR) is 73.0 cm³/mol. The summed E-state index contributed by atoms with van der Waals surface area (Å²) >= 11 is 0. The zero-order chi connectivity index (χ0) is 13.0. The molecule has 0 spiro atoms. The maximum atomic E-state index is 5.80. The minimum Gasteiger partial charge on any atom is -0.497 e. The van der Waals surface area contributed by atoms with Crippen molar-refractivity contribution in [3.8, 4) is 5.75 Å². The molecule has 1 N–H and O–H groups in total. The lowest BCUT2D eigenvalue weighted by Crippen LogP contribution is -2.29. The summed E-state index contributed by atoms with van der Waals surface area (Å²) in [5, 5.41) is 3.53. The van der Waals surface area contributed by atoms with Crippen LogP contribution in [-0.4, -0.2) is 25.9 Å². The van der Waals surface area contributed by atoms with E-state index in [1.807, 2.05) is 12.1 Å². The lowest BCUT2D eigenvalue weighted by atomic mass is 10.1. The Balaban J connectivity index is 1.81. The summed E-state index contributed by atoms with van der Waals surface area (Å²) in [6.07, 6.45) is 3.15. The Bertz CT molecular complexity index is 363. The molecule has 3 atom stereocenters. The maximum absolute atomic E-state index is 5.80. The third-order valence-corrected chi connectivity index (χ3v) is 3.59. The second kappa shape index (κ2) is 6.21. The second-order valence-electron chi connectivity index (χ2n) is 5.05. The van der Waals surface area contributed by atoms with Gasteiger partial charge < -0.3 is 14.8 Å². The van der Waals surface area contributed by atoms with Crippen LogP contribution in [0.2, 0.25) is 0 Å². The van der Waals surface area contributed by atoms with Gasteiger partial charge in [-0.1, -0.05) is 12.1 Å². The maximum Gasteiger partial charge on any atom is 0.118 e. The highest BCUT2D eigenvalue weighted by molar-refractivity contribution is 5.28. The third kappa shape index (κ3) is 3.47. The second-order valence-corrected chi connectivity index (χ2v) is 5.05. The van der Waals surface area contributed by atoms with Crippen molar-refractivity contribution < 1.29 is 9.47 Å². The smallest absolute Gasteiger partial charge is 0.118 e. The van der Waals surface area contributed by atoms with Crippen LogP contribution in [0.4, 0.5) is 0 Å². The molecule has 0 bridgehead atoms. The minimum atomic E-state index is 0.343. The average Bonchev–Trinajstić information content (AvgIpc) is 2.82. The third-order valence-electron chi connectivity index (χ3n) is 3.59. The molecule has 1 aromatic carbocycles. The first kappa shape index (κ1) is 13.4. The molecular weight excluding hydrogens is 226 g/mol. The van der Waals surface area contributed by atoms with Crippen molar-refractivity contribution in [1.29, 1.82) is 0 Å². The largest absolute Gasteiger partial charge is 0.497 e. The Kier molecular flexibility index (Phi) is 4.61. The molecule has 2 unspecified atom stereocenters. The summed E-state index contributed by atoms with van der Waals surface area (Å²) in [5.74, 6) is 0.902. The number of nitrogens with one attached hydrogen (secondary N) is 1. The molecule has 1 saturated heterocycles. The first-order chi connectivity index (χ1) is 8.69. The van der Waals surface area contributed by atoms with Crippen molar-refractivity contribution in [2.24, 2.45) is 0 Å². The van der Waals surface area contributed by atoms with Gasteiger partial charge in [0, 0.05) is 12.6 Å². The summed E-state index contributed by atoms with van der Waals surface area (Å²) in [6, 6.07) is 8.56. The minimum absolute atomic E-state index is 0.343. The molecule has 1 aromatic rings. The summed E-state index contributed by atoms with van der Waals surface area (Å²) < 4.78 is 11.0. The molecule has 18 heavy (non-hydrogen) atoms. The molecule has 0 radical (unpaired) electrons. The fourth-order valence-corrected chi connectivity index (χ4v) is 2.35. The molecule has 0 amide bonds. The van der Waals surface area contributed by atoms with Crippen LogP contribution in [0.5, 0.6) is 5.75 Å². The molecule has 1 fully saturated rings. The van der Waals surface area contributed by atoms with Gasteiger partial charge in [0.1, 0.15) is 5.75 Å². The molecule has 2 rings (SSSR count). The molecule has 3 heteroatoms. The molecule has 100 valence electrons. The lowest BCUT2D eigenvalue weighted by molar-refractivity contribution is 0.0546. The molecule has 0 saturated carbocycles. The van der Waals surface area contributed by atoms with E-state index in [4.69, 9.17) is 9.47 Å². The average molecular weight is 249 g/mol. The van der Waals surface area contributed by atoms with Crippen LogP contribution in [0.3, 0.4) is 0 Å². The fourth-order valence-electron chi connectivity index (χ4n) is 2.35. The van der Waals surface area contributed by atoms with Gasteiger partial charge in [-0.3, -0.25) is 0 Å². The first-order valence-electron chi connectivity index (χ1n) is 6.72. The van der Waals surface area contributed by atoms with Crippen molar-refractivity contribution in [1.82, 2.24) is 5.32 Å². The highest BCUT2D eigenvalue weighted by atomic mass is 16.5. The predicted octanol–water partition coefficient (Wildman–Crippen LogP) is 2.91. The van der Waals surface area contributed by atoms with Crippen LogP contribution in [-0.2, 0) is 4.74 Å². The van der Waals surface area contributed by atoms with Crippen molar-refractivity contribution >= 4 is 0 Å². The van der Waals surface area contributed by atoms with Crippen LogP contribution in [0.1, 0.15) is 38.3 Å². The van der Waals surface area contributed by atoms with E-state index < -0.39 is 0 Å². The van der Waals surface area contributed by atoms with Crippen molar-refractivity contribution in [3.63, 3.8) is 0 Å². The van der Waals surface area contributed by atoms with Crippen LogP contribution < -0.4 is 10.1 Å². The molecule has 0 aliphatic carbocycles. The number of rotatable bonds is 5. The van der Waals surface area contributed by atoms with E-state index in [-0.39, 0.29) is 0 Å². The van der Waals surface area contributed by atoms with Crippen molar-refractivity contribution in [2.45, 2.75) is 44.9 Å². The van der Waals surface area contributed by atoms with Gasteiger partial charge in [-0.15, -0.1) is 0 Å². The summed E-state index contributed by atoms with van der Waals surface area (Å²) in [4.78, 5) is 0. The number of methoxy groups -OCH3 is 1. The van der Waals surface area contributed by atoms with E-state index in [1.165, 1.54) is 18.4 Å². The zero-order valence-corrected chi connectivity index (χ0v) is 11.5. The van der Waals surface area contributed by atoms with Crippen molar-refractivity contribution in [2.75, 3.05) is 13.7 Å². The van der Waals surface area contributed by atoms with Gasteiger partial charge in [0.05, 0.1) is 19.3 Å². The number of hydrogen-bond acceptors (Lipinski definition) is 3. The Hall–Kier alpha value is -1.06. The Labute approximate surface area is 109 Å². The lowest BCUT2D eigenvalue weighted by Gasteiger charge is -2.18. The topological polar surface area (TPSA) is 30.5 Å². The van der Waals surface area contributed by atoms with E-state index in [0.29, 0.717) is 18.2 Å².